The zero-order valence-electron chi connectivity index (χ0n) is 17.0. The number of aromatic nitrogens is 1. The average Bonchev–Trinajstić information content (AvgIpc) is 3.22. The Morgan fingerprint density at radius 3 is 2.62 bits per heavy atom. The predicted molar refractivity (Wildman–Crippen MR) is 120 cm³/mol. The lowest BCUT2D eigenvalue weighted by Crippen LogP contribution is -2.41. The van der Waals surface area contributed by atoms with E-state index >= 15 is 0 Å². The highest BCUT2D eigenvalue weighted by Gasteiger charge is 2.29. The summed E-state index contributed by atoms with van der Waals surface area (Å²) in [7, 11) is 0. The van der Waals surface area contributed by atoms with Gasteiger partial charge >= 0.3 is 0 Å². The number of amides is 2. The highest BCUT2D eigenvalue weighted by molar-refractivity contribution is 7.15. The van der Waals surface area contributed by atoms with Crippen molar-refractivity contribution in [3.8, 4) is 0 Å². The fourth-order valence-corrected chi connectivity index (χ4v) is 4.70. The zero-order chi connectivity index (χ0) is 22.7. The van der Waals surface area contributed by atoms with Crippen molar-refractivity contribution in [2.75, 3.05) is 18.4 Å². The van der Waals surface area contributed by atoms with E-state index in [1.54, 1.807) is 6.20 Å². The lowest BCUT2D eigenvalue weighted by Gasteiger charge is -2.31. The molecule has 1 N–H and O–H groups in total. The van der Waals surface area contributed by atoms with Gasteiger partial charge < -0.3 is 10.2 Å². The van der Waals surface area contributed by atoms with Gasteiger partial charge in [0.05, 0.1) is 5.56 Å². The molecule has 1 aliphatic heterocycles. The van der Waals surface area contributed by atoms with E-state index in [1.807, 2.05) is 24.3 Å². The van der Waals surface area contributed by atoms with Crippen molar-refractivity contribution >= 4 is 39.9 Å². The number of rotatable bonds is 5. The molecule has 2 amide bonds. The number of piperidine rings is 1. The van der Waals surface area contributed by atoms with Gasteiger partial charge in [-0.05, 0) is 36.6 Å². The Hall–Kier alpha value is -2.84. The largest absolute Gasteiger partial charge is 0.339 e. The van der Waals surface area contributed by atoms with Gasteiger partial charge in [0.25, 0.3) is 5.91 Å². The molecular formula is C23H20ClF2N3O2S. The van der Waals surface area contributed by atoms with Crippen molar-refractivity contribution in [2.24, 2.45) is 5.92 Å². The molecule has 5 nitrogen and oxygen atoms in total. The molecule has 32 heavy (non-hydrogen) atoms. The van der Waals surface area contributed by atoms with Crippen LogP contribution in [0.1, 0.15) is 33.6 Å². The van der Waals surface area contributed by atoms with E-state index in [2.05, 4.69) is 10.3 Å². The van der Waals surface area contributed by atoms with Gasteiger partial charge in [-0.15, -0.1) is 11.3 Å². The number of nitrogens with zero attached hydrogens (tertiary/aromatic N) is 2. The van der Waals surface area contributed by atoms with Crippen LogP contribution in [0.15, 0.2) is 48.7 Å². The van der Waals surface area contributed by atoms with Crippen molar-refractivity contribution in [1.82, 2.24) is 9.88 Å². The molecule has 0 atom stereocenters. The average molecular weight is 476 g/mol. The number of halogens is 3. The summed E-state index contributed by atoms with van der Waals surface area (Å²) in [6.07, 6.45) is 3.27. The van der Waals surface area contributed by atoms with Crippen LogP contribution in [-0.4, -0.2) is 34.8 Å². The van der Waals surface area contributed by atoms with Crippen LogP contribution in [0.2, 0.25) is 5.02 Å². The van der Waals surface area contributed by atoms with E-state index in [0.717, 1.165) is 22.6 Å². The minimum Gasteiger partial charge on any atom is -0.339 e. The van der Waals surface area contributed by atoms with Crippen LogP contribution in [0, 0.1) is 17.6 Å². The first kappa shape index (κ1) is 22.4. The number of nitrogens with one attached hydrogen (secondary N) is 1. The Balaban J connectivity index is 1.31. The van der Waals surface area contributed by atoms with E-state index in [9.17, 15) is 18.4 Å². The molecule has 0 bridgehead atoms. The maximum atomic E-state index is 13.9. The molecule has 1 aromatic heterocycles. The number of hydrogen-bond donors (Lipinski definition) is 1. The summed E-state index contributed by atoms with van der Waals surface area (Å²) in [5.41, 5.74) is 0.827. The molecule has 1 saturated heterocycles. The lowest BCUT2D eigenvalue weighted by atomic mass is 9.95. The highest BCUT2D eigenvalue weighted by atomic mass is 35.5. The van der Waals surface area contributed by atoms with Crippen molar-refractivity contribution in [1.29, 1.82) is 0 Å². The summed E-state index contributed by atoms with van der Waals surface area (Å²) in [5.74, 6) is -2.53. The molecule has 9 heteroatoms. The second-order valence-electron chi connectivity index (χ2n) is 7.58. The summed E-state index contributed by atoms with van der Waals surface area (Å²) in [6.45, 7) is 0.646. The normalized spacial score (nSPS) is 14.4. The quantitative estimate of drug-likeness (QED) is 0.554. The van der Waals surface area contributed by atoms with Gasteiger partial charge in [-0.1, -0.05) is 29.8 Å². The topological polar surface area (TPSA) is 62.3 Å². The Labute approximate surface area is 193 Å². The maximum absolute atomic E-state index is 13.9. The number of anilines is 1. The smallest absolute Gasteiger partial charge is 0.256 e. The van der Waals surface area contributed by atoms with Crippen LogP contribution < -0.4 is 5.32 Å². The van der Waals surface area contributed by atoms with Crippen molar-refractivity contribution in [3.05, 3.63) is 81.3 Å². The summed E-state index contributed by atoms with van der Waals surface area (Å²) in [6, 6.07) is 10.5. The van der Waals surface area contributed by atoms with Gasteiger partial charge in [0.1, 0.15) is 11.6 Å². The lowest BCUT2D eigenvalue weighted by molar-refractivity contribution is -0.121. The zero-order valence-corrected chi connectivity index (χ0v) is 18.6. The van der Waals surface area contributed by atoms with Crippen LogP contribution >= 0.6 is 22.9 Å². The molecule has 0 radical (unpaired) electrons. The Morgan fingerprint density at radius 1 is 1.16 bits per heavy atom. The van der Waals surface area contributed by atoms with E-state index in [-0.39, 0.29) is 17.4 Å². The number of hydrogen-bond acceptors (Lipinski definition) is 4. The summed E-state index contributed by atoms with van der Waals surface area (Å²) >= 11 is 7.60. The summed E-state index contributed by atoms with van der Waals surface area (Å²) in [4.78, 5) is 31.9. The second-order valence-corrected chi connectivity index (χ2v) is 9.10. The molecular weight excluding hydrogens is 456 g/mol. The molecule has 0 saturated carbocycles. The maximum Gasteiger partial charge on any atom is 0.256 e. The number of carbonyl (C=O) groups is 2. The van der Waals surface area contributed by atoms with Crippen LogP contribution in [-0.2, 0) is 11.2 Å². The molecule has 166 valence electrons. The van der Waals surface area contributed by atoms with Gasteiger partial charge in [-0.2, -0.15) is 0 Å². The molecule has 0 spiro atoms. The van der Waals surface area contributed by atoms with Gasteiger partial charge in [0.2, 0.25) is 5.91 Å². The molecule has 1 aliphatic rings. The SMILES string of the molecule is O=C(Nc1ncc(Cc2ccccc2Cl)s1)C1CCN(C(=O)c2ccc(F)cc2F)CC1. The van der Waals surface area contributed by atoms with Crippen molar-refractivity contribution in [2.45, 2.75) is 19.3 Å². The standard InChI is InChI=1S/C23H20ClF2N3O2S/c24-19-4-2-1-3-15(19)11-17-13-27-23(32-17)28-21(30)14-7-9-29(10-8-14)22(31)18-6-5-16(25)12-20(18)26/h1-6,12-14H,7-11H2,(H,27,28,30). The first-order valence-corrected chi connectivity index (χ1v) is 11.3. The summed E-state index contributed by atoms with van der Waals surface area (Å²) in [5, 5.41) is 4.06. The van der Waals surface area contributed by atoms with Crippen LogP contribution in [0.5, 0.6) is 0 Å². The van der Waals surface area contributed by atoms with Crippen LogP contribution in [0.4, 0.5) is 13.9 Å². The van der Waals surface area contributed by atoms with Crippen molar-refractivity contribution < 1.29 is 18.4 Å². The third kappa shape index (κ3) is 5.14. The Kier molecular flexibility index (Phi) is 6.81. The fraction of sp³-hybridized carbons (Fsp3) is 0.261. The molecule has 3 aromatic rings. The van der Waals surface area contributed by atoms with E-state index in [1.165, 1.54) is 16.2 Å². The molecule has 4 rings (SSSR count). The minimum atomic E-state index is -0.883. The predicted octanol–water partition coefficient (Wildman–Crippen LogP) is 5.16. The van der Waals surface area contributed by atoms with Gasteiger partial charge in [-0.3, -0.25) is 9.59 Å². The van der Waals surface area contributed by atoms with Gasteiger partial charge in [0, 0.05) is 47.6 Å². The van der Waals surface area contributed by atoms with E-state index in [0.29, 0.717) is 48.6 Å². The van der Waals surface area contributed by atoms with Gasteiger partial charge in [0.15, 0.2) is 5.13 Å². The van der Waals surface area contributed by atoms with Gasteiger partial charge in [-0.25, -0.2) is 13.8 Å². The minimum absolute atomic E-state index is 0.149. The number of benzene rings is 2. The molecule has 0 aliphatic carbocycles. The number of carbonyl (C=O) groups excluding carboxylic acids is 2. The van der Waals surface area contributed by atoms with E-state index < -0.39 is 17.5 Å². The van der Waals surface area contributed by atoms with Crippen LogP contribution in [0.25, 0.3) is 0 Å². The third-order valence-electron chi connectivity index (χ3n) is 5.42. The van der Waals surface area contributed by atoms with Crippen molar-refractivity contribution in [3.63, 3.8) is 0 Å². The van der Waals surface area contributed by atoms with E-state index in [4.69, 9.17) is 11.6 Å². The monoisotopic (exact) mass is 475 g/mol. The molecule has 2 aromatic carbocycles. The third-order valence-corrected chi connectivity index (χ3v) is 6.70. The first-order valence-electron chi connectivity index (χ1n) is 10.1. The first-order chi connectivity index (χ1) is 15.4. The second kappa shape index (κ2) is 9.75. The van der Waals surface area contributed by atoms with Crippen LogP contribution in [0.3, 0.4) is 0 Å². The molecule has 0 unspecified atom stereocenters. The molecule has 2 heterocycles. The fourth-order valence-electron chi connectivity index (χ4n) is 3.66. The summed E-state index contributed by atoms with van der Waals surface area (Å²) < 4.78 is 27.0. The number of likely N-dealkylation sites (tertiary alicyclic amines) is 1. The molecule has 1 fully saturated rings. The Morgan fingerprint density at radius 2 is 1.91 bits per heavy atom. The Bertz CT molecular complexity index is 1150. The number of thiazole rings is 1. The highest BCUT2D eigenvalue weighted by Crippen LogP contribution is 2.26.